The van der Waals surface area contributed by atoms with Gasteiger partial charge in [-0.2, -0.15) is 0 Å². The molecule has 0 aliphatic rings. The van der Waals surface area contributed by atoms with Crippen molar-refractivity contribution in [2.45, 2.75) is 20.5 Å². The standard InChI is InChI=1S/C22H19ClN2O3/c1-15-3-4-16(2)21(11-15)24-13-18-12-19(23)7-10-22(18)28-14-17-5-8-20(9-6-17)25(26)27/h3-13H,14H2,1-2H3. The summed E-state index contributed by atoms with van der Waals surface area (Å²) in [5, 5.41) is 11.3. The molecule has 142 valence electrons. The second-order valence-corrected chi connectivity index (χ2v) is 6.88. The first-order valence-electron chi connectivity index (χ1n) is 8.69. The van der Waals surface area contributed by atoms with Crippen molar-refractivity contribution in [3.63, 3.8) is 0 Å². The van der Waals surface area contributed by atoms with Crippen molar-refractivity contribution in [3.05, 3.63) is 98.1 Å². The molecule has 0 aliphatic carbocycles. The van der Waals surface area contributed by atoms with Gasteiger partial charge in [-0.3, -0.25) is 15.1 Å². The van der Waals surface area contributed by atoms with E-state index >= 15 is 0 Å². The van der Waals surface area contributed by atoms with Gasteiger partial charge in [0.25, 0.3) is 5.69 Å². The summed E-state index contributed by atoms with van der Waals surface area (Å²) in [4.78, 5) is 14.9. The molecule has 0 aromatic heterocycles. The minimum Gasteiger partial charge on any atom is -0.488 e. The normalized spacial score (nSPS) is 11.0. The van der Waals surface area contributed by atoms with Gasteiger partial charge in [-0.1, -0.05) is 23.7 Å². The fraction of sp³-hybridized carbons (Fsp3) is 0.136. The lowest BCUT2D eigenvalue weighted by molar-refractivity contribution is -0.384. The zero-order valence-electron chi connectivity index (χ0n) is 15.6. The second kappa shape index (κ2) is 8.67. The molecule has 3 aromatic rings. The minimum absolute atomic E-state index is 0.0524. The van der Waals surface area contributed by atoms with Gasteiger partial charge in [0.1, 0.15) is 12.4 Å². The molecular weight excluding hydrogens is 376 g/mol. The van der Waals surface area contributed by atoms with Crippen LogP contribution >= 0.6 is 11.6 Å². The number of aliphatic imine (C=N–C) groups is 1. The Kier molecular flexibility index (Phi) is 6.06. The molecule has 0 radical (unpaired) electrons. The third kappa shape index (κ3) is 4.96. The quantitative estimate of drug-likeness (QED) is 0.284. The Balaban J connectivity index is 1.79. The monoisotopic (exact) mass is 394 g/mol. The van der Waals surface area contributed by atoms with Crippen LogP contribution < -0.4 is 4.74 Å². The van der Waals surface area contributed by atoms with Crippen LogP contribution in [-0.4, -0.2) is 11.1 Å². The van der Waals surface area contributed by atoms with Crippen LogP contribution in [0.25, 0.3) is 0 Å². The summed E-state index contributed by atoms with van der Waals surface area (Å²) in [5.41, 5.74) is 4.75. The number of hydrogen-bond donors (Lipinski definition) is 0. The summed E-state index contributed by atoms with van der Waals surface area (Å²) in [6.07, 6.45) is 1.73. The van der Waals surface area contributed by atoms with Crippen molar-refractivity contribution in [2.75, 3.05) is 0 Å². The number of nitro groups is 1. The van der Waals surface area contributed by atoms with E-state index in [4.69, 9.17) is 16.3 Å². The summed E-state index contributed by atoms with van der Waals surface area (Å²) >= 11 is 6.14. The molecule has 0 saturated carbocycles. The molecule has 0 amide bonds. The Morgan fingerprint density at radius 2 is 1.82 bits per heavy atom. The lowest BCUT2D eigenvalue weighted by Gasteiger charge is -2.10. The molecule has 0 saturated heterocycles. The molecule has 5 nitrogen and oxygen atoms in total. The number of hydrogen-bond acceptors (Lipinski definition) is 4. The molecule has 0 spiro atoms. The van der Waals surface area contributed by atoms with Crippen LogP contribution in [0.2, 0.25) is 5.02 Å². The van der Waals surface area contributed by atoms with E-state index in [1.807, 2.05) is 32.0 Å². The van der Waals surface area contributed by atoms with Crippen LogP contribution in [0, 0.1) is 24.0 Å². The zero-order chi connectivity index (χ0) is 20.1. The number of nitrogens with zero attached hydrogens (tertiary/aromatic N) is 2. The van der Waals surface area contributed by atoms with E-state index in [0.29, 0.717) is 10.8 Å². The van der Waals surface area contributed by atoms with Crippen molar-refractivity contribution in [1.82, 2.24) is 0 Å². The van der Waals surface area contributed by atoms with Crippen LogP contribution in [0.15, 0.2) is 65.7 Å². The largest absolute Gasteiger partial charge is 0.488 e. The van der Waals surface area contributed by atoms with Crippen molar-refractivity contribution in [3.8, 4) is 5.75 Å². The highest BCUT2D eigenvalue weighted by Crippen LogP contribution is 2.25. The minimum atomic E-state index is -0.425. The molecule has 3 rings (SSSR count). The highest BCUT2D eigenvalue weighted by Gasteiger charge is 2.07. The molecule has 0 N–H and O–H groups in total. The molecule has 0 heterocycles. The fourth-order valence-electron chi connectivity index (χ4n) is 2.62. The molecule has 0 bridgehead atoms. The first-order valence-corrected chi connectivity index (χ1v) is 9.07. The number of ether oxygens (including phenoxy) is 1. The third-order valence-corrected chi connectivity index (χ3v) is 4.46. The van der Waals surface area contributed by atoms with Gasteiger partial charge < -0.3 is 4.74 Å². The van der Waals surface area contributed by atoms with E-state index in [1.165, 1.54) is 12.1 Å². The smallest absolute Gasteiger partial charge is 0.269 e. The van der Waals surface area contributed by atoms with Crippen LogP contribution in [0.5, 0.6) is 5.75 Å². The topological polar surface area (TPSA) is 64.7 Å². The zero-order valence-corrected chi connectivity index (χ0v) is 16.3. The maximum Gasteiger partial charge on any atom is 0.269 e. The van der Waals surface area contributed by atoms with E-state index in [-0.39, 0.29) is 12.3 Å². The van der Waals surface area contributed by atoms with E-state index < -0.39 is 4.92 Å². The van der Waals surface area contributed by atoms with Crippen molar-refractivity contribution in [1.29, 1.82) is 0 Å². The average molecular weight is 395 g/mol. The van der Waals surface area contributed by atoms with Gasteiger partial charge in [-0.05, 0) is 66.9 Å². The van der Waals surface area contributed by atoms with Crippen molar-refractivity contribution < 1.29 is 9.66 Å². The van der Waals surface area contributed by atoms with Gasteiger partial charge >= 0.3 is 0 Å². The number of halogens is 1. The average Bonchev–Trinajstić information content (AvgIpc) is 2.68. The van der Waals surface area contributed by atoms with E-state index in [9.17, 15) is 10.1 Å². The molecule has 0 fully saturated rings. The number of non-ortho nitro benzene ring substituents is 1. The Bertz CT molecular complexity index is 1030. The summed E-state index contributed by atoms with van der Waals surface area (Å²) in [7, 11) is 0. The summed E-state index contributed by atoms with van der Waals surface area (Å²) in [6.45, 7) is 4.32. The van der Waals surface area contributed by atoms with Gasteiger partial charge in [0.05, 0.1) is 10.6 Å². The molecule has 6 heteroatoms. The first-order chi connectivity index (χ1) is 13.4. The predicted octanol–water partition coefficient (Wildman–Crippen LogP) is 6.19. The summed E-state index contributed by atoms with van der Waals surface area (Å²) in [5.74, 6) is 0.636. The van der Waals surface area contributed by atoms with Crippen LogP contribution in [0.4, 0.5) is 11.4 Å². The van der Waals surface area contributed by atoms with Gasteiger partial charge in [-0.25, -0.2) is 0 Å². The summed E-state index contributed by atoms with van der Waals surface area (Å²) in [6, 6.07) is 17.7. The highest BCUT2D eigenvalue weighted by atomic mass is 35.5. The Labute approximate surface area is 168 Å². The fourth-order valence-corrected chi connectivity index (χ4v) is 2.80. The third-order valence-electron chi connectivity index (χ3n) is 4.22. The molecule has 0 aliphatic heterocycles. The number of aryl methyl sites for hydroxylation is 2. The lowest BCUT2D eigenvalue weighted by atomic mass is 10.1. The SMILES string of the molecule is Cc1ccc(C)c(N=Cc2cc(Cl)ccc2OCc2ccc([N+](=O)[O-])cc2)c1. The van der Waals surface area contributed by atoms with E-state index in [0.717, 1.165) is 27.9 Å². The van der Waals surface area contributed by atoms with E-state index in [2.05, 4.69) is 4.99 Å². The van der Waals surface area contributed by atoms with Crippen molar-refractivity contribution in [2.24, 2.45) is 4.99 Å². The number of rotatable bonds is 6. The van der Waals surface area contributed by atoms with Gasteiger partial charge in [-0.15, -0.1) is 0 Å². The maximum atomic E-state index is 10.7. The highest BCUT2D eigenvalue weighted by molar-refractivity contribution is 6.30. The van der Waals surface area contributed by atoms with Crippen LogP contribution in [-0.2, 0) is 6.61 Å². The Morgan fingerprint density at radius 3 is 2.54 bits per heavy atom. The molecule has 28 heavy (non-hydrogen) atoms. The number of benzene rings is 3. The van der Waals surface area contributed by atoms with Crippen LogP contribution in [0.3, 0.4) is 0 Å². The number of nitro benzene ring substituents is 1. The molecule has 0 unspecified atom stereocenters. The van der Waals surface area contributed by atoms with Gasteiger partial charge in [0.15, 0.2) is 0 Å². The predicted molar refractivity (Wildman–Crippen MR) is 112 cm³/mol. The Hall–Kier alpha value is -3.18. The van der Waals surface area contributed by atoms with Crippen LogP contribution in [0.1, 0.15) is 22.3 Å². The first kappa shape index (κ1) is 19.6. The molecule has 3 aromatic carbocycles. The second-order valence-electron chi connectivity index (χ2n) is 6.44. The van der Waals surface area contributed by atoms with E-state index in [1.54, 1.807) is 36.5 Å². The molecular formula is C22H19ClN2O3. The Morgan fingerprint density at radius 1 is 1.07 bits per heavy atom. The van der Waals surface area contributed by atoms with Crippen molar-refractivity contribution >= 4 is 29.2 Å². The lowest BCUT2D eigenvalue weighted by Crippen LogP contribution is -1.99. The maximum absolute atomic E-state index is 10.7. The van der Waals surface area contributed by atoms with Gasteiger partial charge in [0, 0.05) is 28.9 Å². The molecule has 0 atom stereocenters. The summed E-state index contributed by atoms with van der Waals surface area (Å²) < 4.78 is 5.90. The van der Waals surface area contributed by atoms with Gasteiger partial charge in [0.2, 0.25) is 0 Å².